The molecule has 1 aliphatic rings. The fourth-order valence-corrected chi connectivity index (χ4v) is 1.51. The van der Waals surface area contributed by atoms with E-state index in [2.05, 4.69) is 11.2 Å². The Morgan fingerprint density at radius 1 is 1.77 bits per heavy atom. The zero-order valence-electron chi connectivity index (χ0n) is 7.88. The maximum absolute atomic E-state index is 11.3. The lowest BCUT2D eigenvalue weighted by Crippen LogP contribution is -2.46. The van der Waals surface area contributed by atoms with Crippen LogP contribution in [0.4, 0.5) is 0 Å². The third-order valence-corrected chi connectivity index (χ3v) is 2.50. The van der Waals surface area contributed by atoms with Crippen LogP contribution in [-0.4, -0.2) is 25.7 Å². The smallest absolute Gasteiger partial charge is 0.323 e. The van der Waals surface area contributed by atoms with Crippen molar-refractivity contribution in [3.63, 3.8) is 0 Å². The van der Waals surface area contributed by atoms with Gasteiger partial charge in [-0.1, -0.05) is 12.3 Å². The number of carbonyl (C=O) groups is 1. The van der Waals surface area contributed by atoms with Crippen molar-refractivity contribution in [2.24, 2.45) is 5.92 Å². The summed E-state index contributed by atoms with van der Waals surface area (Å²) >= 11 is 0. The molecule has 3 heteroatoms. The van der Waals surface area contributed by atoms with Crippen molar-refractivity contribution in [3.8, 4) is 12.3 Å². The minimum atomic E-state index is -0.199. The topological polar surface area (TPSA) is 38.3 Å². The highest BCUT2D eigenvalue weighted by Gasteiger charge is 2.32. The van der Waals surface area contributed by atoms with Crippen molar-refractivity contribution in [1.29, 1.82) is 0 Å². The van der Waals surface area contributed by atoms with Gasteiger partial charge in [-0.2, -0.15) is 0 Å². The Labute approximate surface area is 78.8 Å². The van der Waals surface area contributed by atoms with Crippen LogP contribution in [0.2, 0.25) is 0 Å². The van der Waals surface area contributed by atoms with Crippen LogP contribution in [0.25, 0.3) is 0 Å². The molecule has 0 bridgehead atoms. The predicted molar refractivity (Wildman–Crippen MR) is 50.0 cm³/mol. The average Bonchev–Trinajstić information content (AvgIpc) is 2.07. The van der Waals surface area contributed by atoms with Gasteiger partial charge in [0.2, 0.25) is 0 Å². The summed E-state index contributed by atoms with van der Waals surface area (Å²) < 4.78 is 4.70. The van der Waals surface area contributed by atoms with Crippen LogP contribution in [-0.2, 0) is 9.53 Å². The monoisotopic (exact) mass is 181 g/mol. The predicted octanol–water partition coefficient (Wildman–Crippen LogP) is 0.551. The van der Waals surface area contributed by atoms with E-state index < -0.39 is 0 Å². The first-order valence-electron chi connectivity index (χ1n) is 4.54. The van der Waals surface area contributed by atoms with Crippen LogP contribution in [0.1, 0.15) is 19.3 Å². The first-order chi connectivity index (χ1) is 6.29. The van der Waals surface area contributed by atoms with Crippen molar-refractivity contribution >= 4 is 5.97 Å². The van der Waals surface area contributed by atoms with Gasteiger partial charge >= 0.3 is 5.97 Å². The van der Waals surface area contributed by atoms with Gasteiger partial charge in [-0.25, -0.2) is 0 Å². The summed E-state index contributed by atoms with van der Waals surface area (Å²) in [7, 11) is 1.41. The van der Waals surface area contributed by atoms with E-state index >= 15 is 0 Å². The van der Waals surface area contributed by atoms with Crippen LogP contribution in [0, 0.1) is 18.3 Å². The SMILES string of the molecule is C#CCNC(C(=O)OC)C1CCC1. The molecule has 1 aliphatic carbocycles. The van der Waals surface area contributed by atoms with E-state index in [1.807, 2.05) is 0 Å². The number of rotatable bonds is 4. The van der Waals surface area contributed by atoms with E-state index in [4.69, 9.17) is 11.2 Å². The molecule has 72 valence electrons. The molecule has 0 aliphatic heterocycles. The third kappa shape index (κ3) is 2.46. The molecule has 0 spiro atoms. The lowest BCUT2D eigenvalue weighted by Gasteiger charge is -2.31. The Morgan fingerprint density at radius 3 is 2.85 bits per heavy atom. The Kier molecular flexibility index (Phi) is 3.78. The minimum Gasteiger partial charge on any atom is -0.468 e. The van der Waals surface area contributed by atoms with Gasteiger partial charge in [0, 0.05) is 0 Å². The Morgan fingerprint density at radius 2 is 2.46 bits per heavy atom. The summed E-state index contributed by atoms with van der Waals surface area (Å²) in [5.41, 5.74) is 0. The Balaban J connectivity index is 2.43. The van der Waals surface area contributed by atoms with E-state index in [0.29, 0.717) is 12.5 Å². The first kappa shape index (κ1) is 10.1. The van der Waals surface area contributed by atoms with Gasteiger partial charge in [-0.3, -0.25) is 10.1 Å². The lowest BCUT2D eigenvalue weighted by molar-refractivity contribution is -0.145. The minimum absolute atomic E-state index is 0.194. The second-order valence-electron chi connectivity index (χ2n) is 3.28. The second-order valence-corrected chi connectivity index (χ2v) is 3.28. The molecule has 3 nitrogen and oxygen atoms in total. The molecule has 1 saturated carbocycles. The van der Waals surface area contributed by atoms with E-state index in [-0.39, 0.29) is 12.0 Å². The second kappa shape index (κ2) is 4.88. The number of hydrogen-bond donors (Lipinski definition) is 1. The van der Waals surface area contributed by atoms with Crippen molar-refractivity contribution in [1.82, 2.24) is 5.32 Å². The molecule has 0 radical (unpaired) electrons. The molecule has 0 heterocycles. The van der Waals surface area contributed by atoms with Crippen LogP contribution in [0.3, 0.4) is 0 Å². The molecular weight excluding hydrogens is 166 g/mol. The Hall–Kier alpha value is -1.01. The highest BCUT2D eigenvalue weighted by molar-refractivity contribution is 5.76. The van der Waals surface area contributed by atoms with Crippen molar-refractivity contribution in [2.75, 3.05) is 13.7 Å². The summed E-state index contributed by atoms with van der Waals surface area (Å²) in [5, 5.41) is 3.01. The molecule has 0 aromatic heterocycles. The van der Waals surface area contributed by atoms with Crippen molar-refractivity contribution < 1.29 is 9.53 Å². The number of carbonyl (C=O) groups excluding carboxylic acids is 1. The van der Waals surface area contributed by atoms with Gasteiger partial charge < -0.3 is 4.74 Å². The number of methoxy groups -OCH3 is 1. The van der Waals surface area contributed by atoms with E-state index in [1.165, 1.54) is 13.5 Å². The fourth-order valence-electron chi connectivity index (χ4n) is 1.51. The van der Waals surface area contributed by atoms with Gasteiger partial charge in [0.15, 0.2) is 0 Å². The largest absolute Gasteiger partial charge is 0.468 e. The summed E-state index contributed by atoms with van der Waals surface area (Å²) in [6.07, 6.45) is 8.51. The number of ether oxygens (including phenoxy) is 1. The standard InChI is InChI=1S/C10H15NO2/c1-3-7-11-9(10(12)13-2)8-5-4-6-8/h1,8-9,11H,4-7H2,2H3. The van der Waals surface area contributed by atoms with Crippen LogP contribution >= 0.6 is 0 Å². The highest BCUT2D eigenvalue weighted by atomic mass is 16.5. The maximum atomic E-state index is 11.3. The maximum Gasteiger partial charge on any atom is 0.323 e. The number of esters is 1. The van der Waals surface area contributed by atoms with E-state index in [9.17, 15) is 4.79 Å². The summed E-state index contributed by atoms with van der Waals surface area (Å²) in [6, 6.07) is -0.199. The Bertz CT molecular complexity index is 215. The third-order valence-electron chi connectivity index (χ3n) is 2.50. The molecule has 1 atom stereocenters. The lowest BCUT2D eigenvalue weighted by atomic mass is 9.79. The van der Waals surface area contributed by atoms with Gasteiger partial charge in [0.05, 0.1) is 13.7 Å². The average molecular weight is 181 g/mol. The molecule has 1 fully saturated rings. The summed E-state index contributed by atoms with van der Waals surface area (Å²) in [6.45, 7) is 0.427. The van der Waals surface area contributed by atoms with Gasteiger partial charge in [-0.15, -0.1) is 6.42 Å². The molecule has 1 N–H and O–H groups in total. The molecule has 13 heavy (non-hydrogen) atoms. The van der Waals surface area contributed by atoms with Gasteiger partial charge in [0.25, 0.3) is 0 Å². The van der Waals surface area contributed by atoms with Crippen LogP contribution < -0.4 is 5.32 Å². The fraction of sp³-hybridized carbons (Fsp3) is 0.700. The first-order valence-corrected chi connectivity index (χ1v) is 4.54. The highest BCUT2D eigenvalue weighted by Crippen LogP contribution is 2.29. The van der Waals surface area contributed by atoms with Gasteiger partial charge in [-0.05, 0) is 18.8 Å². The molecule has 1 unspecified atom stereocenters. The molecule has 0 amide bonds. The number of hydrogen-bond acceptors (Lipinski definition) is 3. The molecular formula is C10H15NO2. The van der Waals surface area contributed by atoms with Crippen molar-refractivity contribution in [3.05, 3.63) is 0 Å². The van der Waals surface area contributed by atoms with Gasteiger partial charge in [0.1, 0.15) is 6.04 Å². The van der Waals surface area contributed by atoms with E-state index in [1.54, 1.807) is 0 Å². The number of terminal acetylenes is 1. The quantitative estimate of drug-likeness (QED) is 0.508. The summed E-state index contributed by atoms with van der Waals surface area (Å²) in [4.78, 5) is 11.3. The van der Waals surface area contributed by atoms with Crippen LogP contribution in [0.5, 0.6) is 0 Å². The molecule has 1 rings (SSSR count). The molecule has 0 saturated heterocycles. The van der Waals surface area contributed by atoms with Crippen LogP contribution in [0.15, 0.2) is 0 Å². The number of nitrogens with one attached hydrogen (secondary N) is 1. The zero-order valence-corrected chi connectivity index (χ0v) is 7.88. The summed E-state index contributed by atoms with van der Waals surface area (Å²) in [5.74, 6) is 2.68. The molecule has 0 aromatic carbocycles. The van der Waals surface area contributed by atoms with E-state index in [0.717, 1.165) is 12.8 Å². The van der Waals surface area contributed by atoms with Crippen molar-refractivity contribution in [2.45, 2.75) is 25.3 Å². The zero-order chi connectivity index (χ0) is 9.68. The molecule has 0 aromatic rings. The normalized spacial score (nSPS) is 18.5.